The Bertz CT molecular complexity index is 973. The van der Waals surface area contributed by atoms with E-state index in [-0.39, 0.29) is 0 Å². The van der Waals surface area contributed by atoms with E-state index < -0.39 is 0 Å². The topological polar surface area (TPSA) is 17.8 Å². The number of halogens is 1. The van der Waals surface area contributed by atoms with Crippen LogP contribution in [0.3, 0.4) is 0 Å². The Morgan fingerprint density at radius 2 is 1.61 bits per heavy atom. The van der Waals surface area contributed by atoms with Crippen molar-refractivity contribution in [2.45, 2.75) is 0 Å². The first-order valence-electron chi connectivity index (χ1n) is 7.32. The third-order valence-electron chi connectivity index (χ3n) is 3.75. The fourth-order valence-electron chi connectivity index (χ4n) is 2.80. The second-order valence-electron chi connectivity index (χ2n) is 5.37. The van der Waals surface area contributed by atoms with Crippen LogP contribution in [-0.4, -0.2) is 17.4 Å². The average molecular weight is 359 g/mol. The second-order valence-corrected chi connectivity index (χ2v) is 6.28. The van der Waals surface area contributed by atoms with Gasteiger partial charge in [-0.25, -0.2) is 4.98 Å². The van der Waals surface area contributed by atoms with Crippen molar-refractivity contribution in [3.05, 3.63) is 77.3 Å². The smallest absolute Gasteiger partial charge is 0.145 e. The normalized spacial score (nSPS) is 11.0. The molecule has 0 aliphatic carbocycles. The lowest BCUT2D eigenvalue weighted by Crippen LogP contribution is -2.04. The van der Waals surface area contributed by atoms with Crippen LogP contribution in [0.1, 0.15) is 0 Å². The number of fused-ring (bicyclic) bond motifs is 1. The molecule has 1 heterocycles. The largest absolute Gasteiger partial charge is 0.292 e. The first-order chi connectivity index (χ1) is 11.2. The van der Waals surface area contributed by atoms with Crippen LogP contribution in [0, 0.1) is 0 Å². The molecule has 0 amide bonds. The van der Waals surface area contributed by atoms with Gasteiger partial charge in [0.15, 0.2) is 0 Å². The van der Waals surface area contributed by atoms with Gasteiger partial charge in [0.2, 0.25) is 0 Å². The molecule has 0 saturated heterocycles. The Balaban J connectivity index is 2.07. The first-order valence-corrected chi connectivity index (χ1v) is 8.11. The van der Waals surface area contributed by atoms with Crippen LogP contribution in [0.2, 0.25) is 0 Å². The molecule has 4 heteroatoms. The summed E-state index contributed by atoms with van der Waals surface area (Å²) in [5, 5.41) is 0. The molecular formula is C19H12BBrN2. The van der Waals surface area contributed by atoms with Crippen molar-refractivity contribution < 1.29 is 0 Å². The predicted molar refractivity (Wildman–Crippen MR) is 99.6 cm³/mol. The molecule has 1 aromatic heterocycles. The minimum atomic E-state index is 0.709. The van der Waals surface area contributed by atoms with E-state index in [0.717, 1.165) is 32.6 Å². The summed E-state index contributed by atoms with van der Waals surface area (Å²) in [7, 11) is 6.01. The number of aromatic nitrogens is 2. The molecule has 2 nitrogen and oxygen atoms in total. The Kier molecular flexibility index (Phi) is 3.54. The monoisotopic (exact) mass is 358 g/mol. The van der Waals surface area contributed by atoms with Crippen LogP contribution < -0.4 is 5.46 Å². The van der Waals surface area contributed by atoms with Gasteiger partial charge in [0.05, 0.1) is 11.0 Å². The van der Waals surface area contributed by atoms with Crippen molar-refractivity contribution in [2.75, 3.05) is 0 Å². The SMILES string of the molecule is [B]c1cc(Br)cc(-c2nc3ccccc3n2-c2ccccc2)c1. The van der Waals surface area contributed by atoms with Gasteiger partial charge in [-0.05, 0) is 30.3 Å². The molecule has 0 aliphatic heterocycles. The van der Waals surface area contributed by atoms with Crippen LogP contribution in [0.4, 0.5) is 0 Å². The molecule has 0 spiro atoms. The molecule has 4 aromatic rings. The van der Waals surface area contributed by atoms with Crippen molar-refractivity contribution in [1.82, 2.24) is 9.55 Å². The van der Waals surface area contributed by atoms with Crippen LogP contribution in [0.25, 0.3) is 28.1 Å². The Morgan fingerprint density at radius 1 is 0.870 bits per heavy atom. The molecule has 0 saturated carbocycles. The van der Waals surface area contributed by atoms with E-state index in [2.05, 4.69) is 38.7 Å². The van der Waals surface area contributed by atoms with Crippen molar-refractivity contribution in [1.29, 1.82) is 0 Å². The summed E-state index contributed by atoms with van der Waals surface area (Å²) in [5.74, 6) is 0.880. The average Bonchev–Trinajstić information content (AvgIpc) is 2.94. The summed E-state index contributed by atoms with van der Waals surface area (Å²) in [6.45, 7) is 0. The van der Waals surface area contributed by atoms with Gasteiger partial charge in [-0.1, -0.05) is 63.9 Å². The van der Waals surface area contributed by atoms with Crippen molar-refractivity contribution in [2.24, 2.45) is 0 Å². The van der Waals surface area contributed by atoms with Gasteiger partial charge in [0, 0.05) is 15.7 Å². The molecule has 0 unspecified atom stereocenters. The van der Waals surface area contributed by atoms with E-state index in [1.165, 1.54) is 0 Å². The summed E-state index contributed by atoms with van der Waals surface area (Å²) < 4.78 is 3.11. The van der Waals surface area contributed by atoms with Crippen LogP contribution in [0.15, 0.2) is 77.3 Å². The fourth-order valence-corrected chi connectivity index (χ4v) is 3.31. The van der Waals surface area contributed by atoms with E-state index >= 15 is 0 Å². The summed E-state index contributed by atoms with van der Waals surface area (Å²) in [6, 6.07) is 24.3. The summed E-state index contributed by atoms with van der Waals surface area (Å²) in [4.78, 5) is 4.83. The zero-order valence-corrected chi connectivity index (χ0v) is 13.9. The van der Waals surface area contributed by atoms with Gasteiger partial charge in [-0.15, -0.1) is 0 Å². The Labute approximate surface area is 144 Å². The summed E-state index contributed by atoms with van der Waals surface area (Å²) >= 11 is 3.52. The third kappa shape index (κ3) is 2.59. The molecule has 0 fully saturated rings. The number of imidazole rings is 1. The van der Waals surface area contributed by atoms with Crippen molar-refractivity contribution >= 4 is 40.3 Å². The second kappa shape index (κ2) is 5.71. The molecule has 0 aliphatic rings. The number of nitrogens with zero attached hydrogens (tertiary/aromatic N) is 2. The fraction of sp³-hybridized carbons (Fsp3) is 0. The molecule has 108 valence electrons. The maximum absolute atomic E-state index is 6.01. The van der Waals surface area contributed by atoms with Gasteiger partial charge < -0.3 is 0 Å². The molecule has 0 bridgehead atoms. The Hall–Kier alpha value is -2.33. The van der Waals surface area contributed by atoms with E-state index in [1.807, 2.05) is 54.6 Å². The van der Waals surface area contributed by atoms with E-state index in [0.29, 0.717) is 5.46 Å². The van der Waals surface area contributed by atoms with E-state index in [9.17, 15) is 0 Å². The zero-order valence-electron chi connectivity index (χ0n) is 12.3. The maximum atomic E-state index is 6.01. The highest BCUT2D eigenvalue weighted by Gasteiger charge is 2.14. The lowest BCUT2D eigenvalue weighted by atomic mass is 9.94. The molecule has 4 rings (SSSR count). The van der Waals surface area contributed by atoms with E-state index in [4.69, 9.17) is 12.8 Å². The molecule has 0 N–H and O–H groups in total. The number of rotatable bonds is 2. The van der Waals surface area contributed by atoms with Gasteiger partial charge in [0.1, 0.15) is 13.7 Å². The lowest BCUT2D eigenvalue weighted by molar-refractivity contribution is 1.10. The highest BCUT2D eigenvalue weighted by atomic mass is 79.9. The molecule has 3 aromatic carbocycles. The minimum absolute atomic E-state index is 0.709. The van der Waals surface area contributed by atoms with Crippen LogP contribution in [-0.2, 0) is 0 Å². The number of para-hydroxylation sites is 3. The summed E-state index contributed by atoms with van der Waals surface area (Å²) in [6.07, 6.45) is 0. The number of hydrogen-bond acceptors (Lipinski definition) is 1. The van der Waals surface area contributed by atoms with Crippen molar-refractivity contribution in [3.8, 4) is 17.1 Å². The predicted octanol–water partition coefficient (Wildman–Crippen LogP) is 4.25. The van der Waals surface area contributed by atoms with Gasteiger partial charge in [0.25, 0.3) is 0 Å². The highest BCUT2D eigenvalue weighted by molar-refractivity contribution is 9.10. The molecule has 2 radical (unpaired) electrons. The first kappa shape index (κ1) is 14.3. The highest BCUT2D eigenvalue weighted by Crippen LogP contribution is 2.29. The van der Waals surface area contributed by atoms with Gasteiger partial charge >= 0.3 is 0 Å². The quantitative estimate of drug-likeness (QED) is 0.490. The zero-order chi connectivity index (χ0) is 15.8. The summed E-state index contributed by atoms with van der Waals surface area (Å²) in [5.41, 5.74) is 4.81. The molecule has 23 heavy (non-hydrogen) atoms. The minimum Gasteiger partial charge on any atom is -0.292 e. The van der Waals surface area contributed by atoms with E-state index in [1.54, 1.807) is 0 Å². The van der Waals surface area contributed by atoms with Crippen molar-refractivity contribution in [3.63, 3.8) is 0 Å². The molecule has 0 atom stereocenters. The Morgan fingerprint density at radius 3 is 2.39 bits per heavy atom. The lowest BCUT2D eigenvalue weighted by Gasteiger charge is -2.10. The number of benzene rings is 3. The van der Waals surface area contributed by atoms with Gasteiger partial charge in [-0.3, -0.25) is 4.57 Å². The standard InChI is InChI=1S/C19H12BBrN2/c20-14-10-13(11-15(21)12-14)19-22-17-8-4-5-9-18(17)23(19)16-6-2-1-3-7-16/h1-12H. The van der Waals surface area contributed by atoms with Gasteiger partial charge in [-0.2, -0.15) is 0 Å². The third-order valence-corrected chi connectivity index (χ3v) is 4.21. The molecular weight excluding hydrogens is 347 g/mol. The van der Waals surface area contributed by atoms with Crippen LogP contribution >= 0.6 is 15.9 Å². The maximum Gasteiger partial charge on any atom is 0.145 e. The van der Waals surface area contributed by atoms with Crippen LogP contribution in [0.5, 0.6) is 0 Å². The number of hydrogen-bond donors (Lipinski definition) is 0.